The largest absolute Gasteiger partial charge is 0.573 e. The Kier molecular flexibility index (Phi) is 6.19. The van der Waals surface area contributed by atoms with E-state index in [9.17, 15) is 18.0 Å². The van der Waals surface area contributed by atoms with E-state index in [1.54, 1.807) is 22.0 Å². The number of halogens is 4. The van der Waals surface area contributed by atoms with Crippen molar-refractivity contribution in [2.24, 2.45) is 0 Å². The van der Waals surface area contributed by atoms with Gasteiger partial charge in [0.2, 0.25) is 0 Å². The van der Waals surface area contributed by atoms with E-state index < -0.39 is 23.6 Å². The van der Waals surface area contributed by atoms with Crippen LogP contribution >= 0.6 is 0 Å². The summed E-state index contributed by atoms with van der Waals surface area (Å²) >= 11 is 0. The van der Waals surface area contributed by atoms with E-state index in [1.165, 1.54) is 23.0 Å². The van der Waals surface area contributed by atoms with Crippen LogP contribution in [0.25, 0.3) is 5.69 Å². The molecular formula is C21H23F4N5O3. The molecule has 0 radical (unpaired) electrons. The quantitative estimate of drug-likeness (QED) is 0.519. The van der Waals surface area contributed by atoms with Crippen molar-refractivity contribution in [3.8, 4) is 11.4 Å². The highest BCUT2D eigenvalue weighted by Crippen LogP contribution is 2.34. The van der Waals surface area contributed by atoms with Crippen molar-refractivity contribution in [3.63, 3.8) is 0 Å². The summed E-state index contributed by atoms with van der Waals surface area (Å²) in [5, 5.41) is 4.15. The van der Waals surface area contributed by atoms with Crippen LogP contribution in [0.2, 0.25) is 0 Å². The molecule has 2 aromatic heterocycles. The van der Waals surface area contributed by atoms with Crippen LogP contribution in [0.3, 0.4) is 0 Å². The van der Waals surface area contributed by atoms with Crippen molar-refractivity contribution in [1.82, 2.24) is 18.9 Å². The molecule has 1 aliphatic heterocycles. The summed E-state index contributed by atoms with van der Waals surface area (Å²) in [4.78, 5) is 14.7. The minimum Gasteiger partial charge on any atom is -0.402 e. The van der Waals surface area contributed by atoms with Gasteiger partial charge in [-0.2, -0.15) is 5.10 Å². The maximum absolute atomic E-state index is 15.1. The number of benzene rings is 1. The van der Waals surface area contributed by atoms with Crippen LogP contribution in [-0.4, -0.2) is 51.1 Å². The average molecular weight is 469 g/mol. The van der Waals surface area contributed by atoms with Gasteiger partial charge in [0.1, 0.15) is 0 Å². The fraction of sp³-hybridized carbons (Fsp3) is 0.429. The van der Waals surface area contributed by atoms with Crippen LogP contribution in [0.4, 0.5) is 23.2 Å². The van der Waals surface area contributed by atoms with Gasteiger partial charge in [-0.1, -0.05) is 0 Å². The Morgan fingerprint density at radius 3 is 2.73 bits per heavy atom. The molecule has 33 heavy (non-hydrogen) atoms. The SMILES string of the molecule is CCn1cc(Cn2ccn(-c3cc(N4CCO[C@H](C)C4)cc(OC(F)(F)F)c3F)c2=O)cn1. The average Bonchev–Trinajstić information content (AvgIpc) is 3.36. The number of anilines is 1. The maximum Gasteiger partial charge on any atom is 0.573 e. The summed E-state index contributed by atoms with van der Waals surface area (Å²) in [5.74, 6) is -2.28. The lowest BCUT2D eigenvalue weighted by atomic mass is 10.2. The van der Waals surface area contributed by atoms with Gasteiger partial charge < -0.3 is 14.4 Å². The molecule has 0 spiro atoms. The second kappa shape index (κ2) is 8.93. The Labute approximate surface area is 186 Å². The molecule has 0 N–H and O–H groups in total. The van der Waals surface area contributed by atoms with Crippen molar-refractivity contribution in [3.05, 3.63) is 58.8 Å². The van der Waals surface area contributed by atoms with Gasteiger partial charge in [0.25, 0.3) is 0 Å². The Morgan fingerprint density at radius 1 is 1.27 bits per heavy atom. The molecule has 1 aliphatic rings. The molecule has 178 valence electrons. The summed E-state index contributed by atoms with van der Waals surface area (Å²) in [5.41, 5.74) is 0.112. The third-order valence-electron chi connectivity index (χ3n) is 5.31. The first-order valence-electron chi connectivity index (χ1n) is 10.4. The first-order valence-corrected chi connectivity index (χ1v) is 10.4. The number of nitrogens with zero attached hydrogens (tertiary/aromatic N) is 5. The van der Waals surface area contributed by atoms with Gasteiger partial charge in [-0.15, -0.1) is 13.2 Å². The number of hydrogen-bond acceptors (Lipinski definition) is 5. The highest BCUT2D eigenvalue weighted by atomic mass is 19.4. The number of hydrogen-bond donors (Lipinski definition) is 0. The molecule has 12 heteroatoms. The smallest absolute Gasteiger partial charge is 0.402 e. The lowest BCUT2D eigenvalue weighted by molar-refractivity contribution is -0.275. The van der Waals surface area contributed by atoms with Gasteiger partial charge in [0.15, 0.2) is 11.6 Å². The van der Waals surface area contributed by atoms with Crippen molar-refractivity contribution >= 4 is 5.69 Å². The Balaban J connectivity index is 1.74. The Bertz CT molecular complexity index is 1180. The molecule has 1 aromatic carbocycles. The number of aromatic nitrogens is 4. The minimum atomic E-state index is -5.09. The van der Waals surface area contributed by atoms with Crippen LogP contribution in [0, 0.1) is 5.82 Å². The highest BCUT2D eigenvalue weighted by Gasteiger charge is 2.34. The molecule has 4 rings (SSSR count). The second-order valence-corrected chi connectivity index (χ2v) is 7.74. The lowest BCUT2D eigenvalue weighted by Gasteiger charge is -2.33. The number of aryl methyl sites for hydroxylation is 1. The predicted octanol–water partition coefficient (Wildman–Crippen LogP) is 3.17. The van der Waals surface area contributed by atoms with Crippen LogP contribution in [0.5, 0.6) is 5.75 Å². The summed E-state index contributed by atoms with van der Waals surface area (Å²) in [6, 6.07) is 2.34. The van der Waals surface area contributed by atoms with E-state index in [2.05, 4.69) is 9.84 Å². The number of ether oxygens (including phenoxy) is 2. The first kappa shape index (κ1) is 22.9. The monoisotopic (exact) mass is 469 g/mol. The zero-order valence-corrected chi connectivity index (χ0v) is 18.0. The van der Waals surface area contributed by atoms with E-state index in [1.807, 2.05) is 13.8 Å². The third kappa shape index (κ3) is 5.05. The summed E-state index contributed by atoms with van der Waals surface area (Å²) in [7, 11) is 0. The molecular weight excluding hydrogens is 446 g/mol. The fourth-order valence-corrected chi connectivity index (χ4v) is 3.75. The van der Waals surface area contributed by atoms with Crippen molar-refractivity contribution in [2.75, 3.05) is 24.6 Å². The molecule has 1 fully saturated rings. The number of rotatable bonds is 6. The van der Waals surface area contributed by atoms with E-state index >= 15 is 4.39 Å². The topological polar surface area (TPSA) is 66.5 Å². The second-order valence-electron chi connectivity index (χ2n) is 7.74. The normalized spacial score (nSPS) is 16.9. The van der Waals surface area contributed by atoms with Crippen molar-refractivity contribution < 1.29 is 27.0 Å². The molecule has 3 heterocycles. The van der Waals surface area contributed by atoms with Gasteiger partial charge in [0.05, 0.1) is 31.1 Å². The summed E-state index contributed by atoms with van der Waals surface area (Å²) in [6.07, 6.45) is 0.897. The third-order valence-corrected chi connectivity index (χ3v) is 5.31. The van der Waals surface area contributed by atoms with Crippen molar-refractivity contribution in [2.45, 2.75) is 39.4 Å². The molecule has 0 bridgehead atoms. The van der Waals surface area contributed by atoms with Gasteiger partial charge in [0, 0.05) is 55.5 Å². The summed E-state index contributed by atoms with van der Waals surface area (Å²) in [6.45, 7) is 5.76. The van der Waals surface area contributed by atoms with Crippen LogP contribution < -0.4 is 15.3 Å². The molecule has 1 saturated heterocycles. The fourth-order valence-electron chi connectivity index (χ4n) is 3.75. The Hall–Kier alpha value is -3.28. The van der Waals surface area contributed by atoms with E-state index in [-0.39, 0.29) is 18.3 Å². The first-order chi connectivity index (χ1) is 15.6. The van der Waals surface area contributed by atoms with E-state index in [0.717, 1.165) is 16.2 Å². The molecule has 0 amide bonds. The highest BCUT2D eigenvalue weighted by molar-refractivity contribution is 5.59. The van der Waals surface area contributed by atoms with E-state index in [4.69, 9.17) is 4.74 Å². The number of alkyl halides is 3. The number of imidazole rings is 1. The van der Waals surface area contributed by atoms with Crippen molar-refractivity contribution in [1.29, 1.82) is 0 Å². The van der Waals surface area contributed by atoms with Crippen LogP contribution in [0.1, 0.15) is 19.4 Å². The van der Waals surface area contributed by atoms with E-state index in [0.29, 0.717) is 31.9 Å². The van der Waals surface area contributed by atoms with Gasteiger partial charge in [-0.05, 0) is 19.9 Å². The molecule has 1 atom stereocenters. The number of morpholine rings is 1. The predicted molar refractivity (Wildman–Crippen MR) is 111 cm³/mol. The Morgan fingerprint density at radius 2 is 2.06 bits per heavy atom. The zero-order chi connectivity index (χ0) is 23.8. The van der Waals surface area contributed by atoms with Gasteiger partial charge >= 0.3 is 12.1 Å². The standard InChI is InChI=1S/C21H23F4N5O3/c1-3-29-13-15(10-26-29)12-28-4-5-30(20(28)31)17-8-16(27-6-7-32-14(2)11-27)9-18(19(17)22)33-21(23,24)25/h4-5,8-10,13-14H,3,6-7,11-12H2,1-2H3/t14-/m1/s1. The zero-order valence-electron chi connectivity index (χ0n) is 18.0. The summed E-state index contributed by atoms with van der Waals surface area (Å²) < 4.78 is 67.4. The molecule has 3 aromatic rings. The minimum absolute atomic E-state index is 0.160. The van der Waals surface area contributed by atoms with Gasteiger partial charge in [-0.25, -0.2) is 9.18 Å². The molecule has 8 nitrogen and oxygen atoms in total. The van der Waals surface area contributed by atoms with Crippen LogP contribution in [-0.2, 0) is 17.8 Å². The molecule has 0 saturated carbocycles. The maximum atomic E-state index is 15.1. The van der Waals surface area contributed by atoms with Crippen LogP contribution in [0.15, 0.2) is 41.7 Å². The molecule has 0 unspecified atom stereocenters. The molecule has 0 aliphatic carbocycles. The lowest BCUT2D eigenvalue weighted by Crippen LogP contribution is -2.41. The van der Waals surface area contributed by atoms with Gasteiger partial charge in [-0.3, -0.25) is 13.8 Å².